The van der Waals surface area contributed by atoms with E-state index in [4.69, 9.17) is 9.84 Å². The largest absolute Gasteiger partial charge is 0.497 e. The molecule has 3 rings (SSSR count). The van der Waals surface area contributed by atoms with Crippen LogP contribution in [0.15, 0.2) is 64.6 Å². The molecule has 0 saturated heterocycles. The molecule has 0 saturated carbocycles. The van der Waals surface area contributed by atoms with Gasteiger partial charge in [0.1, 0.15) is 10.8 Å². The highest BCUT2D eigenvalue weighted by Gasteiger charge is 2.06. The van der Waals surface area contributed by atoms with E-state index in [2.05, 4.69) is 4.98 Å². The normalized spacial score (nSPS) is 10.8. The van der Waals surface area contributed by atoms with Gasteiger partial charge in [-0.2, -0.15) is 0 Å². The van der Waals surface area contributed by atoms with E-state index in [-0.39, 0.29) is 6.61 Å². The second-order valence-electron chi connectivity index (χ2n) is 4.61. The molecule has 21 heavy (non-hydrogen) atoms. The van der Waals surface area contributed by atoms with E-state index in [0.717, 1.165) is 32.0 Å². The van der Waals surface area contributed by atoms with E-state index in [0.29, 0.717) is 0 Å². The number of aliphatic hydroxyl groups excluding tert-OH is 1. The lowest BCUT2D eigenvalue weighted by Crippen LogP contribution is -1.87. The van der Waals surface area contributed by atoms with Crippen molar-refractivity contribution in [1.82, 2.24) is 4.98 Å². The minimum atomic E-state index is 0.0641. The van der Waals surface area contributed by atoms with Crippen LogP contribution in [0.25, 0.3) is 10.8 Å². The topological polar surface area (TPSA) is 42.4 Å². The molecule has 0 atom stereocenters. The summed E-state index contributed by atoms with van der Waals surface area (Å²) in [5.41, 5.74) is 0.909. The molecule has 4 heteroatoms. The standard InChI is InChI=1S/C17H15NO2S/c1-20-14-5-4-13-8-9-18-17(16(13)10-14)21-15-6-2-12(11-19)3-7-15/h2-10,19H,11H2,1H3. The average Bonchev–Trinajstić information content (AvgIpc) is 2.55. The minimum absolute atomic E-state index is 0.0641. The van der Waals surface area contributed by atoms with Gasteiger partial charge in [-0.3, -0.25) is 0 Å². The number of aromatic nitrogens is 1. The van der Waals surface area contributed by atoms with Crippen molar-refractivity contribution in [2.24, 2.45) is 0 Å². The van der Waals surface area contributed by atoms with Crippen molar-refractivity contribution in [3.63, 3.8) is 0 Å². The van der Waals surface area contributed by atoms with Crippen molar-refractivity contribution in [1.29, 1.82) is 0 Å². The molecule has 3 aromatic rings. The van der Waals surface area contributed by atoms with Gasteiger partial charge >= 0.3 is 0 Å². The third-order valence-electron chi connectivity index (χ3n) is 3.26. The molecular weight excluding hydrogens is 282 g/mol. The predicted molar refractivity (Wildman–Crippen MR) is 84.8 cm³/mol. The zero-order valence-electron chi connectivity index (χ0n) is 11.6. The molecule has 1 N–H and O–H groups in total. The smallest absolute Gasteiger partial charge is 0.119 e. The van der Waals surface area contributed by atoms with E-state index in [1.807, 2.05) is 54.7 Å². The lowest BCUT2D eigenvalue weighted by molar-refractivity contribution is 0.282. The molecule has 0 bridgehead atoms. The maximum atomic E-state index is 9.08. The number of aliphatic hydroxyl groups is 1. The van der Waals surface area contributed by atoms with Crippen molar-refractivity contribution >= 4 is 22.5 Å². The fourth-order valence-electron chi connectivity index (χ4n) is 2.10. The van der Waals surface area contributed by atoms with Gasteiger partial charge in [0.25, 0.3) is 0 Å². The Balaban J connectivity index is 1.98. The number of benzene rings is 2. The summed E-state index contributed by atoms with van der Waals surface area (Å²) in [7, 11) is 1.66. The number of rotatable bonds is 4. The molecule has 1 heterocycles. The van der Waals surface area contributed by atoms with Crippen LogP contribution in [0.2, 0.25) is 0 Å². The summed E-state index contributed by atoms with van der Waals surface area (Å²) in [6, 6.07) is 15.8. The molecule has 0 amide bonds. The lowest BCUT2D eigenvalue weighted by atomic mass is 10.2. The van der Waals surface area contributed by atoms with Crippen molar-refractivity contribution in [2.75, 3.05) is 7.11 Å². The first kappa shape index (κ1) is 13.9. The number of ether oxygens (including phenoxy) is 1. The molecule has 106 valence electrons. The number of nitrogens with zero attached hydrogens (tertiary/aromatic N) is 1. The predicted octanol–water partition coefficient (Wildman–Crippen LogP) is 3.89. The van der Waals surface area contributed by atoms with Crippen LogP contribution in [-0.2, 0) is 6.61 Å². The average molecular weight is 297 g/mol. The van der Waals surface area contributed by atoms with Gasteiger partial charge in [0, 0.05) is 16.5 Å². The van der Waals surface area contributed by atoms with Crippen LogP contribution in [0.4, 0.5) is 0 Å². The maximum absolute atomic E-state index is 9.08. The number of hydrogen-bond acceptors (Lipinski definition) is 4. The quantitative estimate of drug-likeness (QED) is 0.793. The molecule has 0 aliphatic carbocycles. The number of hydrogen-bond donors (Lipinski definition) is 1. The van der Waals surface area contributed by atoms with Crippen LogP contribution in [0, 0.1) is 0 Å². The van der Waals surface area contributed by atoms with Gasteiger partial charge in [-0.05, 0) is 41.3 Å². The molecule has 0 radical (unpaired) electrons. The highest BCUT2D eigenvalue weighted by Crippen LogP contribution is 2.33. The fourth-order valence-corrected chi connectivity index (χ4v) is 3.00. The summed E-state index contributed by atoms with van der Waals surface area (Å²) in [4.78, 5) is 5.57. The van der Waals surface area contributed by atoms with Crippen molar-refractivity contribution in [3.8, 4) is 5.75 Å². The van der Waals surface area contributed by atoms with E-state index < -0.39 is 0 Å². The molecule has 3 nitrogen and oxygen atoms in total. The van der Waals surface area contributed by atoms with Gasteiger partial charge in [-0.15, -0.1) is 0 Å². The molecule has 0 fully saturated rings. The van der Waals surface area contributed by atoms with Gasteiger partial charge in [0.05, 0.1) is 13.7 Å². The van der Waals surface area contributed by atoms with Crippen LogP contribution in [0.5, 0.6) is 5.75 Å². The van der Waals surface area contributed by atoms with E-state index in [1.54, 1.807) is 18.9 Å². The fraction of sp³-hybridized carbons (Fsp3) is 0.118. The monoisotopic (exact) mass is 297 g/mol. The third-order valence-corrected chi connectivity index (χ3v) is 4.28. The number of pyridine rings is 1. The molecule has 0 spiro atoms. The molecule has 0 unspecified atom stereocenters. The van der Waals surface area contributed by atoms with Crippen LogP contribution < -0.4 is 4.74 Å². The minimum Gasteiger partial charge on any atom is -0.497 e. The summed E-state index contributed by atoms with van der Waals surface area (Å²) in [5, 5.41) is 12.2. The van der Waals surface area contributed by atoms with Crippen LogP contribution in [0.3, 0.4) is 0 Å². The Hall–Kier alpha value is -2.04. The van der Waals surface area contributed by atoms with Crippen molar-refractivity contribution in [2.45, 2.75) is 16.5 Å². The first-order valence-corrected chi connectivity index (χ1v) is 7.42. The second kappa shape index (κ2) is 6.16. The molecule has 0 aliphatic heterocycles. The van der Waals surface area contributed by atoms with Crippen LogP contribution in [0.1, 0.15) is 5.56 Å². The summed E-state index contributed by atoms with van der Waals surface area (Å²) < 4.78 is 5.29. The Kier molecular flexibility index (Phi) is 4.08. The first-order chi connectivity index (χ1) is 10.3. The molecular formula is C17H15NO2S. The van der Waals surface area contributed by atoms with Gasteiger partial charge in [-0.25, -0.2) is 4.98 Å². The number of fused-ring (bicyclic) bond motifs is 1. The van der Waals surface area contributed by atoms with E-state index >= 15 is 0 Å². The zero-order chi connectivity index (χ0) is 14.7. The third kappa shape index (κ3) is 3.01. The van der Waals surface area contributed by atoms with Crippen molar-refractivity contribution in [3.05, 3.63) is 60.3 Å². The Labute approximate surface area is 127 Å². The molecule has 2 aromatic carbocycles. The molecule has 0 aliphatic rings. The maximum Gasteiger partial charge on any atom is 0.119 e. The highest BCUT2D eigenvalue weighted by atomic mass is 32.2. The van der Waals surface area contributed by atoms with E-state index in [9.17, 15) is 0 Å². The van der Waals surface area contributed by atoms with Gasteiger partial charge < -0.3 is 9.84 Å². The Morgan fingerprint density at radius 3 is 2.62 bits per heavy atom. The second-order valence-corrected chi connectivity index (χ2v) is 5.67. The van der Waals surface area contributed by atoms with E-state index in [1.165, 1.54) is 0 Å². The highest BCUT2D eigenvalue weighted by molar-refractivity contribution is 7.99. The number of methoxy groups -OCH3 is 1. The Morgan fingerprint density at radius 2 is 1.90 bits per heavy atom. The summed E-state index contributed by atoms with van der Waals surface area (Å²) in [6.07, 6.45) is 1.82. The van der Waals surface area contributed by atoms with Gasteiger partial charge in [0.2, 0.25) is 0 Å². The van der Waals surface area contributed by atoms with Crippen molar-refractivity contribution < 1.29 is 9.84 Å². The summed E-state index contributed by atoms with van der Waals surface area (Å²) in [5.74, 6) is 0.827. The summed E-state index contributed by atoms with van der Waals surface area (Å²) >= 11 is 1.61. The summed E-state index contributed by atoms with van der Waals surface area (Å²) in [6.45, 7) is 0.0641. The zero-order valence-corrected chi connectivity index (χ0v) is 12.4. The van der Waals surface area contributed by atoms with Crippen LogP contribution in [-0.4, -0.2) is 17.2 Å². The Bertz CT molecular complexity index is 756. The Morgan fingerprint density at radius 1 is 1.10 bits per heavy atom. The SMILES string of the molecule is COc1ccc2ccnc(Sc3ccc(CO)cc3)c2c1. The van der Waals surface area contributed by atoms with Crippen LogP contribution >= 0.6 is 11.8 Å². The van der Waals surface area contributed by atoms with Gasteiger partial charge in [-0.1, -0.05) is 30.0 Å². The lowest BCUT2D eigenvalue weighted by Gasteiger charge is -2.07. The van der Waals surface area contributed by atoms with Gasteiger partial charge in [0.15, 0.2) is 0 Å². The molecule has 1 aromatic heterocycles. The first-order valence-electron chi connectivity index (χ1n) is 6.60.